The number of carbonyl (C=O) groups is 6. The van der Waals surface area contributed by atoms with Crippen LogP contribution in [0.5, 0.6) is 0 Å². The molecule has 0 aromatic carbocycles. The lowest BCUT2D eigenvalue weighted by Crippen LogP contribution is -2.59. The monoisotopic (exact) mass is 1390 g/mol. The van der Waals surface area contributed by atoms with Gasteiger partial charge in [-0.15, -0.1) is 0 Å². The number of carboxylic acid groups (broad SMARTS) is 2. The maximum Gasteiger partial charge on any atom is 0.490 e. The highest BCUT2D eigenvalue weighted by Crippen LogP contribution is 2.56. The Kier molecular flexibility index (Phi) is 24.9. The fourth-order valence-electron chi connectivity index (χ4n) is 15.1. The summed E-state index contributed by atoms with van der Waals surface area (Å²) >= 11 is 0. The number of hydrogen-bond acceptors (Lipinski definition) is 17. The second kappa shape index (κ2) is 29.8. The number of piperazine rings is 2. The van der Waals surface area contributed by atoms with E-state index >= 15 is 0 Å². The Balaban J connectivity index is 0.000000192. The first kappa shape index (κ1) is 77.0. The van der Waals surface area contributed by atoms with Gasteiger partial charge in [-0.05, 0) is 166 Å². The number of halogens is 3. The number of carbonyl (C=O) groups excluding carboxylic acids is 4. The summed E-state index contributed by atoms with van der Waals surface area (Å²) in [5, 5.41) is 19.3. The van der Waals surface area contributed by atoms with Crippen molar-refractivity contribution in [3.8, 4) is 0 Å². The van der Waals surface area contributed by atoms with Crippen molar-refractivity contribution in [1.82, 2.24) is 37.2 Å². The van der Waals surface area contributed by atoms with E-state index in [4.69, 9.17) is 24.5 Å². The van der Waals surface area contributed by atoms with Gasteiger partial charge in [0.2, 0.25) is 51.9 Å². The van der Waals surface area contributed by atoms with Crippen LogP contribution in [0.15, 0.2) is 0 Å². The average molecular weight is 1400 g/mol. The highest BCUT2D eigenvalue weighted by atomic mass is 32.2. The molecule has 4 spiro atoms. The molecule has 0 aromatic rings. The van der Waals surface area contributed by atoms with Crippen molar-refractivity contribution in [2.24, 2.45) is 45.3 Å². The Labute approximate surface area is 542 Å². The topological polar surface area (TPSA) is 333 Å². The van der Waals surface area contributed by atoms with E-state index in [1.54, 1.807) is 13.5 Å². The third kappa shape index (κ3) is 20.5. The van der Waals surface area contributed by atoms with Gasteiger partial charge >= 0.3 is 30.2 Å². The standard InChI is InChI=1S/C20H35N3O5S.C15H27N3O3S.C12H21NO4S.C10H17NO4S.C2HF3O2/c1-15-14-21(18(25)28-19(2,3)4)10-11-23(15)17(24)16-12-20(13-16)6-8-22(9-7-20)29(5,26)27;1-12-11-16-5-8-18(12)14(19)13-9-15(10-13)3-6-17(7-4-15)22(2,20)21;1-3-17-11(14)10-8-12(9-10)4-6-13(7-5-12)18(2,15)16;1-16(14,15)11-4-2-10(3-5-11)6-8(7-10)9(12)13;3-2(4,5)1(6)7/h15-16H,6-14H2,1-5H3;12-13,16H,3-11H2,1-2H3;10H,3-9H2,1-2H3;8H,2-7H2,1H3,(H,12,13);(H,6,7)/t15-;12-;;;/m11.../s1. The second-order valence-electron chi connectivity index (χ2n) is 28.9. The normalized spacial score (nSPS) is 27.0. The third-order valence-corrected chi connectivity index (χ3v) is 25.9. The van der Waals surface area contributed by atoms with Crippen molar-refractivity contribution in [3.05, 3.63) is 0 Å². The summed E-state index contributed by atoms with van der Waals surface area (Å²) in [7, 11) is -12.3. The van der Waals surface area contributed by atoms with Crippen molar-refractivity contribution in [2.75, 3.05) is 123 Å². The van der Waals surface area contributed by atoms with Crippen molar-refractivity contribution in [3.63, 3.8) is 0 Å². The molecule has 92 heavy (non-hydrogen) atoms. The third-order valence-electron chi connectivity index (χ3n) is 20.7. The summed E-state index contributed by atoms with van der Waals surface area (Å²) in [5.41, 5.74) is 0.130. The van der Waals surface area contributed by atoms with Gasteiger partial charge in [0.05, 0.1) is 43.5 Å². The molecule has 6 saturated heterocycles. The van der Waals surface area contributed by atoms with Crippen molar-refractivity contribution in [2.45, 2.75) is 168 Å². The Bertz CT molecular complexity index is 3070. The van der Waals surface area contributed by atoms with E-state index in [-0.39, 0.29) is 75.4 Å². The maximum atomic E-state index is 13.0. The first-order valence-electron chi connectivity index (χ1n) is 32.0. The molecule has 10 rings (SSSR count). The number of rotatable bonds is 9. The van der Waals surface area contributed by atoms with Crippen LogP contribution in [-0.4, -0.2) is 259 Å². The zero-order valence-electron chi connectivity index (χ0n) is 55.2. The van der Waals surface area contributed by atoms with Crippen LogP contribution >= 0.6 is 0 Å². The van der Waals surface area contributed by atoms with Crippen LogP contribution in [0, 0.1) is 45.3 Å². The number of esters is 1. The van der Waals surface area contributed by atoms with Gasteiger partial charge in [-0.2, -0.15) is 13.2 Å². The number of alkyl halides is 3. The molecule has 0 radical (unpaired) electrons. The Morgan fingerprint density at radius 3 is 1.09 bits per heavy atom. The first-order chi connectivity index (χ1) is 42.2. The van der Waals surface area contributed by atoms with E-state index in [1.807, 2.05) is 44.4 Å². The number of carboxylic acids is 2. The number of hydrogen-bond donors (Lipinski definition) is 3. The van der Waals surface area contributed by atoms with Crippen LogP contribution in [0.1, 0.15) is 144 Å². The highest BCUT2D eigenvalue weighted by molar-refractivity contribution is 7.89. The molecule has 0 unspecified atom stereocenters. The van der Waals surface area contributed by atoms with E-state index < -0.39 is 63.8 Å². The van der Waals surface area contributed by atoms with Gasteiger partial charge in [0, 0.05) is 116 Å². The molecule has 10 aliphatic rings. The second-order valence-corrected chi connectivity index (χ2v) is 36.8. The summed E-state index contributed by atoms with van der Waals surface area (Å²) in [5.74, 6) is -3.06. The smallest absolute Gasteiger partial charge is 0.481 e. The fraction of sp³-hybridized carbons (Fsp3) is 0.898. The quantitative estimate of drug-likeness (QED) is 0.271. The number of sulfonamides is 4. The molecule has 3 N–H and O–H groups in total. The summed E-state index contributed by atoms with van der Waals surface area (Å²) in [6.45, 7) is 20.6. The lowest BCUT2D eigenvalue weighted by Gasteiger charge is -2.53. The molecule has 6 heterocycles. The Morgan fingerprint density at radius 1 is 0.500 bits per heavy atom. The van der Waals surface area contributed by atoms with Crippen LogP contribution in [0.2, 0.25) is 0 Å². The molecule has 3 amide bonds. The SMILES string of the molecule is CCOC(=O)C1CC2(CCN(S(C)(=O)=O)CC2)C1.CS(=O)(=O)N1CCC2(CC1)CC(C(=O)O)C2.C[C@@H]1CN(C(=O)OC(C)(C)C)CCN1C(=O)C1CC2(CCN(S(C)(=O)=O)CC2)C1.C[C@@H]1CNCCN1C(=O)C1CC2(CCN(S(C)(=O)=O)CC2)C1.O=C(O)C(F)(F)F. The predicted molar refractivity (Wildman–Crippen MR) is 334 cm³/mol. The van der Waals surface area contributed by atoms with Crippen molar-refractivity contribution in [1.29, 1.82) is 0 Å². The van der Waals surface area contributed by atoms with Gasteiger partial charge in [-0.25, -0.2) is 60.5 Å². The number of nitrogens with one attached hydrogen (secondary N) is 1. The number of aliphatic carboxylic acids is 2. The molecule has 2 atom stereocenters. The summed E-state index contributed by atoms with van der Waals surface area (Å²) < 4.78 is 140. The maximum absolute atomic E-state index is 13.0. The van der Waals surface area contributed by atoms with E-state index in [2.05, 4.69) is 12.2 Å². The van der Waals surface area contributed by atoms with Crippen LogP contribution in [0.3, 0.4) is 0 Å². The van der Waals surface area contributed by atoms with E-state index in [1.165, 1.54) is 33.6 Å². The number of amides is 3. The molecule has 10 fully saturated rings. The van der Waals surface area contributed by atoms with E-state index in [0.29, 0.717) is 84.5 Å². The largest absolute Gasteiger partial charge is 0.490 e. The van der Waals surface area contributed by atoms with Crippen molar-refractivity contribution < 1.29 is 95.3 Å². The van der Waals surface area contributed by atoms with E-state index in [9.17, 15) is 70.8 Å². The van der Waals surface area contributed by atoms with Gasteiger partial charge in [0.25, 0.3) is 0 Å². The van der Waals surface area contributed by atoms with Crippen LogP contribution < -0.4 is 5.32 Å². The summed E-state index contributed by atoms with van der Waals surface area (Å²) in [4.78, 5) is 74.7. The summed E-state index contributed by atoms with van der Waals surface area (Å²) in [6, 6.07) is 0.247. The number of ether oxygens (including phenoxy) is 2. The molecule has 33 heteroatoms. The van der Waals surface area contributed by atoms with E-state index in [0.717, 1.165) is 122 Å². The van der Waals surface area contributed by atoms with Gasteiger partial charge in [-0.1, -0.05) is 0 Å². The average Bonchev–Trinajstić information content (AvgIpc) is 0.778. The molecule has 530 valence electrons. The van der Waals surface area contributed by atoms with Crippen molar-refractivity contribution >= 4 is 75.9 Å². The van der Waals surface area contributed by atoms with Gasteiger partial charge in [-0.3, -0.25) is 19.2 Å². The fourth-order valence-corrected chi connectivity index (χ4v) is 18.5. The minimum atomic E-state index is -5.08. The van der Waals surface area contributed by atoms with Gasteiger partial charge < -0.3 is 39.7 Å². The molecule has 26 nitrogen and oxygen atoms in total. The van der Waals surface area contributed by atoms with Crippen LogP contribution in [0.25, 0.3) is 0 Å². The predicted octanol–water partition coefficient (Wildman–Crippen LogP) is 4.32. The lowest BCUT2D eigenvalue weighted by molar-refractivity contribution is -0.192. The minimum Gasteiger partial charge on any atom is -0.481 e. The van der Waals surface area contributed by atoms with Crippen LogP contribution in [0.4, 0.5) is 18.0 Å². The van der Waals surface area contributed by atoms with Crippen LogP contribution in [-0.2, 0) is 73.5 Å². The lowest BCUT2D eigenvalue weighted by atomic mass is 9.57. The number of nitrogens with zero attached hydrogens (tertiary/aromatic N) is 7. The zero-order chi connectivity index (χ0) is 69.0. The first-order valence-corrected chi connectivity index (χ1v) is 39.4. The summed E-state index contributed by atoms with van der Waals surface area (Å²) in [6.07, 6.45) is 13.2. The molecular formula is C59H101F3N8O18S4. The Morgan fingerprint density at radius 2 is 0.815 bits per heavy atom. The Hall–Kier alpha value is -3.99. The molecular weight excluding hydrogens is 1290 g/mol. The molecule has 0 bridgehead atoms. The number of piperidine rings is 4. The molecule has 4 saturated carbocycles. The highest BCUT2D eigenvalue weighted by Gasteiger charge is 2.54. The molecule has 0 aromatic heterocycles. The molecule has 6 aliphatic heterocycles. The minimum absolute atomic E-state index is 0.0234. The van der Waals surface area contributed by atoms with Gasteiger partial charge in [0.1, 0.15) is 5.60 Å². The zero-order valence-corrected chi connectivity index (χ0v) is 58.5. The van der Waals surface area contributed by atoms with Gasteiger partial charge in [0.15, 0.2) is 0 Å². The molecule has 4 aliphatic carbocycles.